The van der Waals surface area contributed by atoms with Gasteiger partial charge in [-0.25, -0.2) is 0 Å². The molecule has 0 unspecified atom stereocenters. The Labute approximate surface area is 149 Å². The highest BCUT2D eigenvalue weighted by Crippen LogP contribution is 2.20. The van der Waals surface area contributed by atoms with Gasteiger partial charge in [-0.15, -0.1) is 10.2 Å². The molecule has 3 rings (SSSR count). The molecule has 7 heteroatoms. The van der Waals surface area contributed by atoms with Crippen molar-refractivity contribution in [3.63, 3.8) is 0 Å². The maximum absolute atomic E-state index is 12.2. The normalized spacial score (nSPS) is 10.3. The van der Waals surface area contributed by atoms with Crippen molar-refractivity contribution < 1.29 is 14.3 Å². The zero-order valence-electron chi connectivity index (χ0n) is 13.9. The summed E-state index contributed by atoms with van der Waals surface area (Å²) in [4.78, 5) is 12.2. The number of anilines is 1. The number of nitrogens with zero attached hydrogens (tertiary/aromatic N) is 2. The summed E-state index contributed by atoms with van der Waals surface area (Å²) in [5.41, 5.74) is 1.65. The highest BCUT2D eigenvalue weighted by molar-refractivity contribution is 7.15. The lowest BCUT2D eigenvalue weighted by Crippen LogP contribution is -2.11. The van der Waals surface area contributed by atoms with Crippen LogP contribution in [0, 0.1) is 6.92 Å². The number of benzene rings is 2. The van der Waals surface area contributed by atoms with Gasteiger partial charge in [-0.2, -0.15) is 0 Å². The molecule has 0 aliphatic carbocycles. The van der Waals surface area contributed by atoms with Gasteiger partial charge in [0.25, 0.3) is 5.91 Å². The van der Waals surface area contributed by atoms with Gasteiger partial charge in [-0.3, -0.25) is 10.1 Å². The van der Waals surface area contributed by atoms with E-state index >= 15 is 0 Å². The van der Waals surface area contributed by atoms with Gasteiger partial charge in [0.1, 0.15) is 18.1 Å². The zero-order valence-corrected chi connectivity index (χ0v) is 14.7. The number of hydrogen-bond acceptors (Lipinski definition) is 6. The van der Waals surface area contributed by atoms with Crippen molar-refractivity contribution in [3.05, 3.63) is 64.7 Å². The summed E-state index contributed by atoms with van der Waals surface area (Å²) in [5, 5.41) is 11.9. The number of amides is 1. The minimum atomic E-state index is -0.245. The molecule has 0 bridgehead atoms. The topological polar surface area (TPSA) is 73.3 Å². The van der Waals surface area contributed by atoms with Crippen molar-refractivity contribution in [2.45, 2.75) is 13.5 Å². The van der Waals surface area contributed by atoms with Crippen LogP contribution in [0.25, 0.3) is 0 Å². The summed E-state index contributed by atoms with van der Waals surface area (Å²) >= 11 is 1.28. The van der Waals surface area contributed by atoms with Gasteiger partial charge in [-0.1, -0.05) is 23.5 Å². The lowest BCUT2D eigenvalue weighted by atomic mass is 10.2. The molecular weight excluding hydrogens is 338 g/mol. The highest BCUT2D eigenvalue weighted by Gasteiger charge is 2.11. The number of ether oxygens (including phenoxy) is 2. The van der Waals surface area contributed by atoms with Crippen LogP contribution >= 0.6 is 11.3 Å². The number of methoxy groups -OCH3 is 1. The van der Waals surface area contributed by atoms with Crippen LogP contribution in [-0.2, 0) is 6.61 Å². The summed E-state index contributed by atoms with van der Waals surface area (Å²) in [5.74, 6) is 1.23. The Bertz CT molecular complexity index is 862. The molecule has 1 heterocycles. The van der Waals surface area contributed by atoms with E-state index in [2.05, 4.69) is 15.5 Å². The molecule has 1 amide bonds. The van der Waals surface area contributed by atoms with Crippen LogP contribution in [0.1, 0.15) is 20.9 Å². The van der Waals surface area contributed by atoms with Gasteiger partial charge >= 0.3 is 0 Å². The average Bonchev–Trinajstić information content (AvgIpc) is 3.07. The molecule has 0 saturated heterocycles. The molecule has 0 spiro atoms. The first-order valence-electron chi connectivity index (χ1n) is 7.61. The Hall–Kier alpha value is -2.93. The van der Waals surface area contributed by atoms with Crippen LogP contribution < -0.4 is 14.8 Å². The zero-order chi connectivity index (χ0) is 17.6. The number of carbonyl (C=O) groups excluding carboxylic acids is 1. The van der Waals surface area contributed by atoms with Gasteiger partial charge < -0.3 is 9.47 Å². The molecule has 1 N–H and O–H groups in total. The minimum Gasteiger partial charge on any atom is -0.497 e. The van der Waals surface area contributed by atoms with Crippen molar-refractivity contribution in [1.29, 1.82) is 0 Å². The van der Waals surface area contributed by atoms with E-state index in [4.69, 9.17) is 9.47 Å². The molecule has 2 aromatic carbocycles. The third-order valence-electron chi connectivity index (χ3n) is 3.39. The SMILES string of the molecule is COc1ccc(C(=O)Nc2nnc(COc3cccc(C)c3)s2)cc1. The van der Waals surface area contributed by atoms with E-state index in [-0.39, 0.29) is 5.91 Å². The molecular formula is C18H17N3O3S. The van der Waals surface area contributed by atoms with E-state index in [1.165, 1.54) is 11.3 Å². The molecule has 3 aromatic rings. The second kappa shape index (κ2) is 7.76. The molecule has 1 aromatic heterocycles. The first-order chi connectivity index (χ1) is 12.1. The van der Waals surface area contributed by atoms with Crippen molar-refractivity contribution in [2.75, 3.05) is 12.4 Å². The third kappa shape index (κ3) is 4.54. The molecule has 0 atom stereocenters. The number of carbonyl (C=O) groups is 1. The van der Waals surface area contributed by atoms with Gasteiger partial charge in [0, 0.05) is 5.56 Å². The lowest BCUT2D eigenvalue weighted by molar-refractivity contribution is 0.102. The maximum Gasteiger partial charge on any atom is 0.257 e. The number of rotatable bonds is 6. The second-order valence-corrected chi connectivity index (χ2v) is 6.35. The number of aromatic nitrogens is 2. The minimum absolute atomic E-state index is 0.245. The Morgan fingerprint density at radius 3 is 2.64 bits per heavy atom. The Kier molecular flexibility index (Phi) is 5.25. The number of aryl methyl sites for hydroxylation is 1. The Morgan fingerprint density at radius 2 is 1.92 bits per heavy atom. The van der Waals surface area contributed by atoms with Crippen molar-refractivity contribution in [1.82, 2.24) is 10.2 Å². The molecule has 0 aliphatic rings. The molecule has 0 radical (unpaired) electrons. The van der Waals surface area contributed by atoms with Crippen molar-refractivity contribution >= 4 is 22.4 Å². The monoisotopic (exact) mass is 355 g/mol. The predicted octanol–water partition coefficient (Wildman–Crippen LogP) is 3.69. The van der Waals surface area contributed by atoms with Crippen LogP contribution in [0.4, 0.5) is 5.13 Å². The molecule has 0 aliphatic heterocycles. The first-order valence-corrected chi connectivity index (χ1v) is 8.43. The van der Waals surface area contributed by atoms with Crippen molar-refractivity contribution in [2.24, 2.45) is 0 Å². The summed E-state index contributed by atoms with van der Waals surface area (Å²) in [6.07, 6.45) is 0. The molecule has 0 saturated carbocycles. The number of nitrogens with one attached hydrogen (secondary N) is 1. The summed E-state index contributed by atoms with van der Waals surface area (Å²) in [6, 6.07) is 14.6. The van der Waals surface area contributed by atoms with Crippen LogP contribution in [0.3, 0.4) is 0 Å². The Morgan fingerprint density at radius 1 is 1.12 bits per heavy atom. The fourth-order valence-electron chi connectivity index (χ4n) is 2.12. The maximum atomic E-state index is 12.2. The molecule has 0 fully saturated rings. The van der Waals surface area contributed by atoms with E-state index in [0.29, 0.717) is 28.1 Å². The third-order valence-corrected chi connectivity index (χ3v) is 4.20. The van der Waals surface area contributed by atoms with E-state index in [9.17, 15) is 4.79 Å². The Balaban J connectivity index is 1.58. The fourth-order valence-corrected chi connectivity index (χ4v) is 2.77. The van der Waals surface area contributed by atoms with E-state index in [1.54, 1.807) is 31.4 Å². The largest absolute Gasteiger partial charge is 0.497 e. The summed E-state index contributed by atoms with van der Waals surface area (Å²) < 4.78 is 10.8. The number of hydrogen-bond donors (Lipinski definition) is 1. The lowest BCUT2D eigenvalue weighted by Gasteiger charge is -2.04. The summed E-state index contributed by atoms with van der Waals surface area (Å²) in [6.45, 7) is 2.31. The van der Waals surface area contributed by atoms with E-state index in [0.717, 1.165) is 11.3 Å². The van der Waals surface area contributed by atoms with Crippen LogP contribution in [-0.4, -0.2) is 23.2 Å². The van der Waals surface area contributed by atoms with Crippen LogP contribution in [0.15, 0.2) is 48.5 Å². The highest BCUT2D eigenvalue weighted by atomic mass is 32.1. The predicted molar refractivity (Wildman–Crippen MR) is 96.4 cm³/mol. The van der Waals surface area contributed by atoms with Gasteiger partial charge in [-0.05, 0) is 48.9 Å². The fraction of sp³-hybridized carbons (Fsp3) is 0.167. The molecule has 25 heavy (non-hydrogen) atoms. The van der Waals surface area contributed by atoms with Gasteiger partial charge in [0.15, 0.2) is 5.01 Å². The smallest absolute Gasteiger partial charge is 0.257 e. The van der Waals surface area contributed by atoms with Crippen molar-refractivity contribution in [3.8, 4) is 11.5 Å². The quantitative estimate of drug-likeness (QED) is 0.730. The molecule has 6 nitrogen and oxygen atoms in total. The van der Waals surface area contributed by atoms with E-state index in [1.807, 2.05) is 31.2 Å². The van der Waals surface area contributed by atoms with Crippen LogP contribution in [0.5, 0.6) is 11.5 Å². The van der Waals surface area contributed by atoms with E-state index < -0.39 is 0 Å². The van der Waals surface area contributed by atoms with Crippen LogP contribution in [0.2, 0.25) is 0 Å². The van der Waals surface area contributed by atoms with Gasteiger partial charge in [0.05, 0.1) is 7.11 Å². The van der Waals surface area contributed by atoms with Gasteiger partial charge in [0.2, 0.25) is 5.13 Å². The second-order valence-electron chi connectivity index (χ2n) is 5.29. The average molecular weight is 355 g/mol. The summed E-state index contributed by atoms with van der Waals surface area (Å²) in [7, 11) is 1.58. The molecule has 128 valence electrons. The standard InChI is InChI=1S/C18H17N3O3S/c1-12-4-3-5-15(10-12)24-11-16-20-21-18(25-16)19-17(22)13-6-8-14(23-2)9-7-13/h3-10H,11H2,1-2H3,(H,19,21,22). The first kappa shape index (κ1) is 16.9.